The second-order valence-electron chi connectivity index (χ2n) is 7.08. The van der Waals surface area contributed by atoms with E-state index in [1.807, 2.05) is 0 Å². The van der Waals surface area contributed by atoms with E-state index in [4.69, 9.17) is 14.2 Å². The summed E-state index contributed by atoms with van der Waals surface area (Å²) in [4.78, 5) is 20.8. The Hall–Kier alpha value is -1.51. The van der Waals surface area contributed by atoms with Crippen LogP contribution < -0.4 is 0 Å². The van der Waals surface area contributed by atoms with Gasteiger partial charge in [-0.2, -0.15) is 16.8 Å². The average Bonchev–Trinajstić information content (AvgIpc) is 3.19. The highest BCUT2D eigenvalue weighted by Gasteiger charge is 2.35. The molecule has 0 spiro atoms. The summed E-state index contributed by atoms with van der Waals surface area (Å²) >= 11 is 1.73. The summed E-state index contributed by atoms with van der Waals surface area (Å²) in [5, 5.41) is 0.487. The highest BCUT2D eigenvalue weighted by Crippen LogP contribution is 2.29. The number of carbonyl (C=O) groups is 1. The smallest absolute Gasteiger partial charge is 0.263 e. The third-order valence-electron chi connectivity index (χ3n) is 5.01. The van der Waals surface area contributed by atoms with E-state index < -0.39 is 17.7 Å². The van der Waals surface area contributed by atoms with Crippen LogP contribution in [0.1, 0.15) is 19.3 Å². The molecule has 2 saturated heterocycles. The Balaban J connectivity index is 1.41. The highest BCUT2D eigenvalue weighted by atomic mass is 32.2. The molecular formula is C19H23FN2O4S. The van der Waals surface area contributed by atoms with Gasteiger partial charge in [-0.1, -0.05) is 0 Å². The zero-order chi connectivity index (χ0) is 18.6. The molecule has 2 atom stereocenters. The van der Waals surface area contributed by atoms with Crippen molar-refractivity contribution in [1.82, 2.24) is 0 Å². The Morgan fingerprint density at radius 1 is 1.15 bits per heavy atom. The first-order valence-electron chi connectivity index (χ1n) is 9.37. The quantitative estimate of drug-likeness (QED) is 0.693. The zero-order valence-electron chi connectivity index (χ0n) is 15.1. The lowest BCUT2D eigenvalue weighted by molar-refractivity contribution is -0.119. The molecule has 0 radical (unpaired) electrons. The molecule has 3 heterocycles. The lowest BCUT2D eigenvalue weighted by atomic mass is 9.94. The van der Waals surface area contributed by atoms with E-state index in [9.17, 15) is 9.18 Å². The second kappa shape index (κ2) is 8.67. The van der Waals surface area contributed by atoms with Crippen LogP contribution >= 0.6 is 11.8 Å². The largest absolute Gasteiger partial charge is 0.493 e. The molecule has 146 valence electrons. The molecule has 0 saturated carbocycles. The summed E-state index contributed by atoms with van der Waals surface area (Å²) in [5.41, 5.74) is 0.384. The number of carbonyl (C=O) groups excluding carboxylic acids is 1. The van der Waals surface area contributed by atoms with Crippen LogP contribution in [0.15, 0.2) is 33.7 Å². The molecule has 8 heteroatoms. The van der Waals surface area contributed by atoms with Crippen molar-refractivity contribution < 1.29 is 23.4 Å². The van der Waals surface area contributed by atoms with Crippen molar-refractivity contribution in [3.05, 3.63) is 23.7 Å². The van der Waals surface area contributed by atoms with Crippen molar-refractivity contribution in [2.75, 3.05) is 38.8 Å². The second-order valence-corrected chi connectivity index (χ2v) is 8.36. The van der Waals surface area contributed by atoms with Crippen LogP contribution in [0.5, 0.6) is 0 Å². The van der Waals surface area contributed by atoms with Gasteiger partial charge in [0.15, 0.2) is 0 Å². The normalized spacial score (nSPS) is 28.9. The molecule has 0 N–H and O–H groups in total. The summed E-state index contributed by atoms with van der Waals surface area (Å²) < 4.78 is 30.9. The van der Waals surface area contributed by atoms with Gasteiger partial charge in [0.1, 0.15) is 23.3 Å². The molecule has 1 aliphatic carbocycles. The first kappa shape index (κ1) is 18.8. The minimum Gasteiger partial charge on any atom is -0.493 e. The van der Waals surface area contributed by atoms with Crippen LogP contribution in [-0.4, -0.2) is 61.5 Å². The molecule has 4 rings (SSSR count). The Bertz CT molecular complexity index is 706. The predicted molar refractivity (Wildman–Crippen MR) is 102 cm³/mol. The summed E-state index contributed by atoms with van der Waals surface area (Å²) in [6.45, 7) is 3.42. The van der Waals surface area contributed by atoms with Gasteiger partial charge in [-0.15, -0.1) is 0 Å². The van der Waals surface area contributed by atoms with E-state index in [1.54, 1.807) is 17.8 Å². The summed E-state index contributed by atoms with van der Waals surface area (Å²) in [5.74, 6) is -0.346. The summed E-state index contributed by atoms with van der Waals surface area (Å²) in [7, 11) is 0. The van der Waals surface area contributed by atoms with Gasteiger partial charge < -0.3 is 14.2 Å². The van der Waals surface area contributed by atoms with Gasteiger partial charge in [-0.3, -0.25) is 4.79 Å². The minimum absolute atomic E-state index is 0.322. The lowest BCUT2D eigenvalue weighted by Gasteiger charge is -2.24. The van der Waals surface area contributed by atoms with Gasteiger partial charge in [0.05, 0.1) is 24.7 Å². The third kappa shape index (κ3) is 4.67. The van der Waals surface area contributed by atoms with E-state index in [0.717, 1.165) is 39.1 Å². The van der Waals surface area contributed by atoms with E-state index in [2.05, 4.69) is 9.98 Å². The number of halogens is 1. The average molecular weight is 394 g/mol. The Morgan fingerprint density at radius 2 is 1.96 bits per heavy atom. The van der Waals surface area contributed by atoms with Gasteiger partial charge in [0.2, 0.25) is 0 Å². The number of nitrogens with zero attached hydrogens (tertiary/aromatic N) is 2. The van der Waals surface area contributed by atoms with Crippen molar-refractivity contribution in [3.8, 4) is 0 Å². The van der Waals surface area contributed by atoms with Crippen molar-refractivity contribution >= 4 is 29.2 Å². The number of ether oxygens (including phenoxy) is 3. The molecule has 1 amide bonds. The fourth-order valence-electron chi connectivity index (χ4n) is 3.45. The first-order chi connectivity index (χ1) is 13.2. The Kier molecular flexibility index (Phi) is 6.04. The minimum atomic E-state index is -1.02. The van der Waals surface area contributed by atoms with Crippen LogP contribution in [0.3, 0.4) is 0 Å². The molecule has 0 aromatic heterocycles. The number of rotatable bonds is 6. The maximum atomic E-state index is 14.4. The number of amides is 1. The van der Waals surface area contributed by atoms with Crippen LogP contribution in [-0.2, 0) is 19.0 Å². The number of fused-ring (bicyclic) bond motifs is 1. The molecule has 6 nitrogen and oxygen atoms in total. The molecule has 0 aromatic carbocycles. The number of thioether (sulfide) groups is 1. The van der Waals surface area contributed by atoms with Crippen molar-refractivity contribution in [3.63, 3.8) is 0 Å². The van der Waals surface area contributed by atoms with Crippen LogP contribution in [0, 0.1) is 11.8 Å². The SMILES string of the molecule is O=C1N=C(CSC2CCOCC2)N=C2C=C(OC[C@H]3CCOC3)C=C(F)C12. The molecular weight excluding hydrogens is 371 g/mol. The van der Waals surface area contributed by atoms with Gasteiger partial charge in [0.25, 0.3) is 5.91 Å². The molecule has 4 aliphatic rings. The van der Waals surface area contributed by atoms with Crippen molar-refractivity contribution in [1.29, 1.82) is 0 Å². The van der Waals surface area contributed by atoms with Gasteiger partial charge in [0, 0.05) is 43.1 Å². The molecule has 27 heavy (non-hydrogen) atoms. The number of aliphatic imine (C=N–C) groups is 2. The fourth-order valence-corrected chi connectivity index (χ4v) is 4.49. The summed E-state index contributed by atoms with van der Waals surface area (Å²) in [6, 6.07) is 0. The summed E-state index contributed by atoms with van der Waals surface area (Å²) in [6.07, 6.45) is 5.86. The topological polar surface area (TPSA) is 69.5 Å². The first-order valence-corrected chi connectivity index (χ1v) is 10.4. The third-order valence-corrected chi connectivity index (χ3v) is 6.38. The lowest BCUT2D eigenvalue weighted by Crippen LogP contribution is -2.31. The van der Waals surface area contributed by atoms with Crippen LogP contribution in [0.2, 0.25) is 0 Å². The van der Waals surface area contributed by atoms with E-state index >= 15 is 0 Å². The predicted octanol–water partition coefficient (Wildman–Crippen LogP) is 2.70. The van der Waals surface area contributed by atoms with Crippen LogP contribution in [0.25, 0.3) is 0 Å². The van der Waals surface area contributed by atoms with Crippen molar-refractivity contribution in [2.24, 2.45) is 21.8 Å². The maximum absolute atomic E-state index is 14.4. The highest BCUT2D eigenvalue weighted by molar-refractivity contribution is 8.00. The number of amidine groups is 1. The number of hydrogen-bond acceptors (Lipinski definition) is 6. The zero-order valence-corrected chi connectivity index (χ0v) is 15.9. The van der Waals surface area contributed by atoms with E-state index in [-0.39, 0.29) is 0 Å². The van der Waals surface area contributed by atoms with E-state index in [0.29, 0.717) is 47.4 Å². The van der Waals surface area contributed by atoms with Crippen molar-refractivity contribution in [2.45, 2.75) is 24.5 Å². The van der Waals surface area contributed by atoms with Gasteiger partial charge in [-0.05, 0) is 19.3 Å². The number of hydrogen-bond donors (Lipinski definition) is 0. The number of allylic oxidation sites excluding steroid dienone is 2. The maximum Gasteiger partial charge on any atom is 0.263 e. The van der Waals surface area contributed by atoms with Crippen LogP contribution in [0.4, 0.5) is 4.39 Å². The Morgan fingerprint density at radius 3 is 2.74 bits per heavy atom. The van der Waals surface area contributed by atoms with E-state index in [1.165, 1.54) is 6.08 Å². The standard InChI is InChI=1S/C19H23FN2O4S/c20-15-7-13(26-10-12-1-4-25-9-12)8-16-18(15)19(23)22-17(21-16)11-27-14-2-5-24-6-3-14/h7-8,12,14,18H,1-6,9-11H2/t12-,18?/m0/s1. The molecule has 0 bridgehead atoms. The van der Waals surface area contributed by atoms with Gasteiger partial charge in [-0.25, -0.2) is 9.38 Å². The monoisotopic (exact) mass is 394 g/mol. The van der Waals surface area contributed by atoms with Gasteiger partial charge >= 0.3 is 0 Å². The Labute approximate surface area is 161 Å². The molecule has 2 fully saturated rings. The molecule has 0 aromatic rings. The molecule has 1 unspecified atom stereocenters. The molecule has 3 aliphatic heterocycles. The fraction of sp³-hybridized carbons (Fsp3) is 0.632.